The van der Waals surface area contributed by atoms with E-state index < -0.39 is 0 Å². The molecule has 0 saturated heterocycles. The van der Waals surface area contributed by atoms with Crippen LogP contribution in [0.2, 0.25) is 0 Å². The van der Waals surface area contributed by atoms with Crippen LogP contribution in [0.3, 0.4) is 0 Å². The van der Waals surface area contributed by atoms with E-state index in [4.69, 9.17) is 10.3 Å². The highest BCUT2D eigenvalue weighted by atomic mass is 16.5. The van der Waals surface area contributed by atoms with Crippen molar-refractivity contribution in [3.63, 3.8) is 0 Å². The average Bonchev–Trinajstić information content (AvgIpc) is 2.80. The van der Waals surface area contributed by atoms with Crippen LogP contribution in [0.25, 0.3) is 22.3 Å². The molecule has 0 aliphatic carbocycles. The minimum absolute atomic E-state index is 0.249. The minimum Gasteiger partial charge on any atom is -0.367 e. The van der Waals surface area contributed by atoms with E-state index in [0.717, 1.165) is 27.9 Å². The van der Waals surface area contributed by atoms with Crippen molar-refractivity contribution in [2.24, 2.45) is 0 Å². The number of nitrogen functional groups attached to an aromatic ring is 1. The lowest BCUT2D eigenvalue weighted by Gasteiger charge is -2.06. The van der Waals surface area contributed by atoms with Gasteiger partial charge >= 0.3 is 0 Å². The lowest BCUT2D eigenvalue weighted by Crippen LogP contribution is -1.94. The molecule has 3 aromatic rings. The summed E-state index contributed by atoms with van der Waals surface area (Å²) in [5.41, 5.74) is 10.2. The van der Waals surface area contributed by atoms with Crippen molar-refractivity contribution < 1.29 is 4.52 Å². The number of anilines is 1. The van der Waals surface area contributed by atoms with Gasteiger partial charge in [0.1, 0.15) is 5.69 Å². The quantitative estimate of drug-likeness (QED) is 0.760. The third-order valence-corrected chi connectivity index (χ3v) is 3.08. The van der Waals surface area contributed by atoms with Crippen LogP contribution in [0.1, 0.15) is 25.3 Å². The molecule has 0 fully saturated rings. The summed E-state index contributed by atoms with van der Waals surface area (Å²) in [5, 5.41) is 4.07. The Morgan fingerprint density at radius 1 is 1.11 bits per heavy atom. The fourth-order valence-electron chi connectivity index (χ4n) is 2.19. The number of nitrogens with zero attached hydrogens (tertiary/aromatic N) is 3. The van der Waals surface area contributed by atoms with Gasteiger partial charge in [-0.25, -0.2) is 0 Å². The molecule has 0 amide bonds. The van der Waals surface area contributed by atoms with Gasteiger partial charge < -0.3 is 10.3 Å². The fourth-order valence-corrected chi connectivity index (χ4v) is 2.19. The summed E-state index contributed by atoms with van der Waals surface area (Å²) in [6, 6.07) is 5.83. The smallest absolute Gasteiger partial charge is 0.226 e. The molecule has 3 rings (SSSR count). The van der Waals surface area contributed by atoms with E-state index in [1.165, 1.54) is 0 Å². The van der Waals surface area contributed by atoms with Crippen LogP contribution in [0.4, 0.5) is 5.88 Å². The molecule has 0 spiro atoms. The molecule has 96 valence electrons. The normalized spacial score (nSPS) is 11.3. The van der Waals surface area contributed by atoms with Crippen molar-refractivity contribution in [1.82, 2.24) is 15.1 Å². The van der Waals surface area contributed by atoms with Gasteiger partial charge in [0.15, 0.2) is 0 Å². The maximum atomic E-state index is 5.84. The maximum Gasteiger partial charge on any atom is 0.226 e. The molecule has 2 heterocycles. The van der Waals surface area contributed by atoms with Gasteiger partial charge in [0.05, 0.1) is 11.0 Å². The Morgan fingerprint density at radius 2 is 1.84 bits per heavy atom. The third-order valence-electron chi connectivity index (χ3n) is 3.08. The second kappa shape index (κ2) is 4.35. The number of hydrogen-bond donors (Lipinski definition) is 1. The lowest BCUT2D eigenvalue weighted by molar-refractivity contribution is 0.438. The van der Waals surface area contributed by atoms with Gasteiger partial charge in [-0.2, -0.15) is 0 Å². The highest BCUT2D eigenvalue weighted by molar-refractivity contribution is 5.81. The first-order valence-electron chi connectivity index (χ1n) is 6.13. The summed E-state index contributed by atoms with van der Waals surface area (Å²) in [4.78, 5) is 8.54. The number of fused-ring (bicyclic) bond motifs is 1. The zero-order valence-corrected chi connectivity index (χ0v) is 10.8. The van der Waals surface area contributed by atoms with Crippen molar-refractivity contribution in [3.05, 3.63) is 36.2 Å². The van der Waals surface area contributed by atoms with Crippen LogP contribution in [0.15, 0.2) is 35.1 Å². The molecule has 0 saturated carbocycles. The largest absolute Gasteiger partial charge is 0.367 e. The van der Waals surface area contributed by atoms with Crippen molar-refractivity contribution in [3.8, 4) is 11.3 Å². The second-order valence-electron chi connectivity index (χ2n) is 4.72. The van der Waals surface area contributed by atoms with Crippen LogP contribution in [-0.4, -0.2) is 15.1 Å². The highest BCUT2D eigenvalue weighted by Crippen LogP contribution is 2.33. The molecular weight excluding hydrogens is 240 g/mol. The molecule has 0 unspecified atom stereocenters. The summed E-state index contributed by atoms with van der Waals surface area (Å²) in [6.45, 7) is 4.13. The molecule has 2 aromatic heterocycles. The molecular formula is C14H14N4O. The summed E-state index contributed by atoms with van der Waals surface area (Å²) in [7, 11) is 0. The van der Waals surface area contributed by atoms with Gasteiger partial charge in [-0.15, -0.1) is 0 Å². The topological polar surface area (TPSA) is 77.8 Å². The van der Waals surface area contributed by atoms with Crippen LogP contribution in [-0.2, 0) is 0 Å². The fraction of sp³-hybridized carbons (Fsp3) is 0.214. The Kier molecular flexibility index (Phi) is 2.67. The van der Waals surface area contributed by atoms with Crippen molar-refractivity contribution >= 4 is 16.9 Å². The van der Waals surface area contributed by atoms with Crippen molar-refractivity contribution in [2.75, 3.05) is 5.73 Å². The van der Waals surface area contributed by atoms with Gasteiger partial charge in [-0.1, -0.05) is 25.1 Å². The average molecular weight is 254 g/mol. The van der Waals surface area contributed by atoms with E-state index in [2.05, 4.69) is 29.0 Å². The molecule has 0 atom stereocenters. The van der Waals surface area contributed by atoms with Gasteiger partial charge in [0.25, 0.3) is 0 Å². The van der Waals surface area contributed by atoms with Crippen LogP contribution in [0.5, 0.6) is 0 Å². The molecule has 0 bridgehead atoms. The first kappa shape index (κ1) is 11.6. The zero-order chi connectivity index (χ0) is 13.4. The molecule has 0 aliphatic rings. The lowest BCUT2D eigenvalue weighted by atomic mass is 9.98. The van der Waals surface area contributed by atoms with Crippen molar-refractivity contribution in [2.45, 2.75) is 19.8 Å². The third kappa shape index (κ3) is 1.93. The van der Waals surface area contributed by atoms with E-state index in [0.29, 0.717) is 5.88 Å². The number of rotatable bonds is 2. The molecule has 5 heteroatoms. The predicted molar refractivity (Wildman–Crippen MR) is 73.5 cm³/mol. The van der Waals surface area contributed by atoms with Gasteiger partial charge in [0.2, 0.25) is 5.88 Å². The predicted octanol–water partition coefficient (Wildman–Crippen LogP) is 2.99. The number of aromatic nitrogens is 3. The molecule has 0 aliphatic heterocycles. The van der Waals surface area contributed by atoms with Gasteiger partial charge in [-0.3, -0.25) is 9.97 Å². The van der Waals surface area contributed by atoms with Crippen LogP contribution >= 0.6 is 0 Å². The number of nitrogens with two attached hydrogens (primary N) is 1. The zero-order valence-electron chi connectivity index (χ0n) is 10.8. The monoisotopic (exact) mass is 254 g/mol. The van der Waals surface area contributed by atoms with Crippen LogP contribution < -0.4 is 5.73 Å². The minimum atomic E-state index is 0.249. The van der Waals surface area contributed by atoms with E-state index in [1.54, 1.807) is 12.4 Å². The summed E-state index contributed by atoms with van der Waals surface area (Å²) in [6.07, 6.45) is 3.35. The molecule has 5 nitrogen and oxygen atoms in total. The summed E-state index contributed by atoms with van der Waals surface area (Å²) < 4.78 is 5.12. The van der Waals surface area contributed by atoms with E-state index in [9.17, 15) is 0 Å². The van der Waals surface area contributed by atoms with Crippen molar-refractivity contribution in [1.29, 1.82) is 0 Å². The molecule has 0 radical (unpaired) electrons. The first-order valence-corrected chi connectivity index (χ1v) is 6.13. The summed E-state index contributed by atoms with van der Waals surface area (Å²) in [5.74, 6) is 0.628. The molecule has 1 aromatic carbocycles. The Balaban J connectivity index is 2.19. The van der Waals surface area contributed by atoms with E-state index in [-0.39, 0.29) is 5.92 Å². The second-order valence-corrected chi connectivity index (χ2v) is 4.72. The Hall–Kier alpha value is -2.43. The Morgan fingerprint density at radius 3 is 2.58 bits per heavy atom. The first-order chi connectivity index (χ1) is 9.16. The maximum absolute atomic E-state index is 5.84. The van der Waals surface area contributed by atoms with E-state index in [1.807, 2.05) is 18.2 Å². The number of benzene rings is 1. The highest BCUT2D eigenvalue weighted by Gasteiger charge is 2.18. The van der Waals surface area contributed by atoms with E-state index >= 15 is 0 Å². The van der Waals surface area contributed by atoms with Crippen LogP contribution in [0, 0.1) is 0 Å². The SMILES string of the molecule is CC(C)c1c(-c2ccc3nccnc3c2)noc1N. The Labute approximate surface area is 110 Å². The molecule has 2 N–H and O–H groups in total. The number of hydrogen-bond acceptors (Lipinski definition) is 5. The summed E-state index contributed by atoms with van der Waals surface area (Å²) >= 11 is 0. The Bertz CT molecular complexity index is 733. The standard InChI is InChI=1S/C14H14N4O/c1-8(2)12-13(18-19-14(12)15)9-3-4-10-11(7-9)17-6-5-16-10/h3-8H,15H2,1-2H3. The van der Waals surface area contributed by atoms with Gasteiger partial charge in [0, 0.05) is 23.5 Å². The van der Waals surface area contributed by atoms with Gasteiger partial charge in [-0.05, 0) is 18.1 Å². The molecule has 19 heavy (non-hydrogen) atoms.